The summed E-state index contributed by atoms with van der Waals surface area (Å²) < 4.78 is 11.0. The third-order valence-corrected chi connectivity index (χ3v) is 4.64. The van der Waals surface area contributed by atoms with Gasteiger partial charge in [-0.25, -0.2) is 0 Å². The second kappa shape index (κ2) is 7.88. The van der Waals surface area contributed by atoms with Gasteiger partial charge in [-0.3, -0.25) is 4.99 Å². The minimum atomic E-state index is -0.262. The number of hydrogen-bond donors (Lipinski definition) is 2. The second-order valence-electron chi connectivity index (χ2n) is 6.99. The van der Waals surface area contributed by atoms with Gasteiger partial charge in [0, 0.05) is 31.2 Å². The zero-order valence-electron chi connectivity index (χ0n) is 15.6. The molecule has 0 atom stereocenters. The Morgan fingerprint density at radius 3 is 2.50 bits per heavy atom. The molecule has 5 heteroatoms. The van der Waals surface area contributed by atoms with Gasteiger partial charge in [0.25, 0.3) is 0 Å². The van der Waals surface area contributed by atoms with Gasteiger partial charge in [-0.2, -0.15) is 0 Å². The zero-order chi connectivity index (χ0) is 17.6. The van der Waals surface area contributed by atoms with Crippen LogP contribution in [0.15, 0.2) is 29.3 Å². The van der Waals surface area contributed by atoms with Gasteiger partial charge >= 0.3 is 0 Å². The Hall–Kier alpha value is -1.75. The Kier molecular flexibility index (Phi) is 6.10. The van der Waals surface area contributed by atoms with Crippen molar-refractivity contribution in [1.82, 2.24) is 10.6 Å². The fraction of sp³-hybridized carbons (Fsp3) is 0.632. The van der Waals surface area contributed by atoms with Crippen molar-refractivity contribution in [3.63, 3.8) is 0 Å². The molecule has 0 unspecified atom stereocenters. The molecule has 1 aromatic carbocycles. The number of aliphatic imine (C=N–C) groups is 1. The topological polar surface area (TPSA) is 54.9 Å². The third-order valence-electron chi connectivity index (χ3n) is 4.64. The Balaban J connectivity index is 2.05. The van der Waals surface area contributed by atoms with Crippen molar-refractivity contribution in [3.8, 4) is 5.75 Å². The molecule has 2 rings (SSSR count). The summed E-state index contributed by atoms with van der Waals surface area (Å²) in [5.74, 6) is 1.81. The van der Waals surface area contributed by atoms with Crippen LogP contribution in [0.25, 0.3) is 0 Å². The minimum absolute atomic E-state index is 0.152. The smallest absolute Gasteiger partial charge is 0.191 e. The van der Waals surface area contributed by atoms with Crippen molar-refractivity contribution < 1.29 is 9.47 Å². The van der Waals surface area contributed by atoms with Crippen LogP contribution in [0, 0.1) is 0 Å². The Labute approximate surface area is 145 Å². The Morgan fingerprint density at radius 1 is 1.21 bits per heavy atom. The molecule has 0 radical (unpaired) electrons. The average molecular weight is 333 g/mol. The number of rotatable bonds is 8. The number of methoxy groups -OCH3 is 2. The van der Waals surface area contributed by atoms with Crippen LogP contribution in [-0.2, 0) is 10.2 Å². The van der Waals surface area contributed by atoms with E-state index in [1.54, 1.807) is 14.2 Å². The first kappa shape index (κ1) is 18.6. The first-order valence-corrected chi connectivity index (χ1v) is 8.67. The Morgan fingerprint density at radius 2 is 1.92 bits per heavy atom. The van der Waals surface area contributed by atoms with Crippen molar-refractivity contribution in [1.29, 1.82) is 0 Å². The van der Waals surface area contributed by atoms with Crippen molar-refractivity contribution in [3.05, 3.63) is 29.8 Å². The van der Waals surface area contributed by atoms with Crippen molar-refractivity contribution in [2.24, 2.45) is 4.99 Å². The van der Waals surface area contributed by atoms with Gasteiger partial charge in [-0.05, 0) is 39.7 Å². The summed E-state index contributed by atoms with van der Waals surface area (Å²) in [5, 5.41) is 6.81. The fourth-order valence-electron chi connectivity index (χ4n) is 2.70. The molecule has 134 valence electrons. The fourth-order valence-corrected chi connectivity index (χ4v) is 2.70. The first-order valence-electron chi connectivity index (χ1n) is 8.67. The van der Waals surface area contributed by atoms with E-state index in [1.807, 2.05) is 26.0 Å². The maximum absolute atomic E-state index is 5.54. The van der Waals surface area contributed by atoms with Crippen LogP contribution in [0.5, 0.6) is 5.75 Å². The summed E-state index contributed by atoms with van der Waals surface area (Å²) in [5.41, 5.74) is 1.18. The highest BCUT2D eigenvalue weighted by Gasteiger charge is 2.46. The molecule has 0 bridgehead atoms. The number of guanidine groups is 1. The van der Waals surface area contributed by atoms with E-state index in [1.165, 1.54) is 18.4 Å². The van der Waals surface area contributed by atoms with Gasteiger partial charge in [0.2, 0.25) is 0 Å². The van der Waals surface area contributed by atoms with E-state index in [9.17, 15) is 0 Å². The molecule has 1 aliphatic rings. The van der Waals surface area contributed by atoms with Gasteiger partial charge in [0.1, 0.15) is 5.75 Å². The van der Waals surface area contributed by atoms with Crippen molar-refractivity contribution >= 4 is 5.96 Å². The van der Waals surface area contributed by atoms with E-state index in [0.717, 1.165) is 24.8 Å². The van der Waals surface area contributed by atoms with Gasteiger partial charge < -0.3 is 20.1 Å². The normalized spacial score (nSPS) is 16.6. The van der Waals surface area contributed by atoms with Crippen LogP contribution in [0.1, 0.15) is 39.2 Å². The minimum Gasteiger partial charge on any atom is -0.496 e. The molecule has 2 N–H and O–H groups in total. The lowest BCUT2D eigenvalue weighted by Gasteiger charge is -2.23. The molecule has 0 heterocycles. The molecule has 24 heavy (non-hydrogen) atoms. The van der Waals surface area contributed by atoms with E-state index in [0.29, 0.717) is 6.54 Å². The van der Waals surface area contributed by atoms with Gasteiger partial charge in [-0.15, -0.1) is 0 Å². The Bertz CT molecular complexity index is 565. The van der Waals surface area contributed by atoms with Crippen molar-refractivity contribution in [2.45, 2.75) is 44.6 Å². The zero-order valence-corrected chi connectivity index (χ0v) is 15.6. The third kappa shape index (κ3) is 4.63. The van der Waals surface area contributed by atoms with Gasteiger partial charge in [0.05, 0.1) is 19.3 Å². The number of nitrogens with zero attached hydrogens (tertiary/aromatic N) is 1. The second-order valence-corrected chi connectivity index (χ2v) is 6.99. The molecule has 0 saturated heterocycles. The molecule has 0 aliphatic heterocycles. The molecule has 0 aromatic heterocycles. The van der Waals surface area contributed by atoms with Gasteiger partial charge in [-0.1, -0.05) is 18.2 Å². The number of nitrogens with one attached hydrogen (secondary N) is 2. The summed E-state index contributed by atoms with van der Waals surface area (Å²) in [6, 6.07) is 8.31. The summed E-state index contributed by atoms with van der Waals surface area (Å²) in [6.07, 6.45) is 2.34. The van der Waals surface area contributed by atoms with Crippen LogP contribution < -0.4 is 15.4 Å². The van der Waals surface area contributed by atoms with E-state index in [4.69, 9.17) is 9.47 Å². The van der Waals surface area contributed by atoms with E-state index < -0.39 is 0 Å². The monoisotopic (exact) mass is 333 g/mol. The molecule has 1 saturated carbocycles. The number of ether oxygens (including phenoxy) is 2. The van der Waals surface area contributed by atoms with Crippen LogP contribution in [0.2, 0.25) is 0 Å². The summed E-state index contributed by atoms with van der Waals surface area (Å²) in [4.78, 5) is 4.66. The molecule has 0 spiro atoms. The molecule has 1 aromatic rings. The summed E-state index contributed by atoms with van der Waals surface area (Å²) in [6.45, 7) is 8.45. The number of para-hydroxylation sites is 1. The summed E-state index contributed by atoms with van der Waals surface area (Å²) in [7, 11) is 3.46. The lowest BCUT2D eigenvalue weighted by Crippen LogP contribution is -2.42. The van der Waals surface area contributed by atoms with Crippen LogP contribution in [0.4, 0.5) is 0 Å². The number of hydrogen-bond acceptors (Lipinski definition) is 3. The van der Waals surface area contributed by atoms with Crippen LogP contribution >= 0.6 is 0 Å². The largest absolute Gasteiger partial charge is 0.496 e. The van der Waals surface area contributed by atoms with Crippen LogP contribution in [0.3, 0.4) is 0 Å². The summed E-state index contributed by atoms with van der Waals surface area (Å²) >= 11 is 0. The SMILES string of the molecule is CCNC(=NCC(C)(C)OC)NCC1(c2ccccc2OC)CC1. The first-order chi connectivity index (χ1) is 11.5. The molecular formula is C19H31N3O2. The molecule has 0 amide bonds. The quantitative estimate of drug-likeness (QED) is 0.567. The van der Waals surface area contributed by atoms with E-state index in [-0.39, 0.29) is 11.0 Å². The van der Waals surface area contributed by atoms with E-state index in [2.05, 4.69) is 34.7 Å². The maximum Gasteiger partial charge on any atom is 0.191 e. The molecular weight excluding hydrogens is 302 g/mol. The van der Waals surface area contributed by atoms with Crippen LogP contribution in [-0.4, -0.2) is 45.4 Å². The van der Waals surface area contributed by atoms with Crippen molar-refractivity contribution in [2.75, 3.05) is 33.9 Å². The molecule has 1 aliphatic carbocycles. The lowest BCUT2D eigenvalue weighted by molar-refractivity contribution is 0.0310. The predicted molar refractivity (Wildman–Crippen MR) is 99.0 cm³/mol. The molecule has 1 fully saturated rings. The highest BCUT2D eigenvalue weighted by atomic mass is 16.5. The van der Waals surface area contributed by atoms with Gasteiger partial charge in [0.15, 0.2) is 5.96 Å². The maximum atomic E-state index is 5.54. The van der Waals surface area contributed by atoms with E-state index >= 15 is 0 Å². The highest BCUT2D eigenvalue weighted by molar-refractivity contribution is 5.80. The molecule has 5 nitrogen and oxygen atoms in total. The predicted octanol–water partition coefficient (Wildman–Crippen LogP) is 2.71. The lowest BCUT2D eigenvalue weighted by atomic mass is 9.95. The average Bonchev–Trinajstić information content (AvgIpc) is 3.38. The highest BCUT2D eigenvalue weighted by Crippen LogP contribution is 2.50. The number of benzene rings is 1. The standard InChI is InChI=1S/C19H31N3O2/c1-6-20-17(21-13-18(2,3)24-5)22-14-19(11-12-19)15-9-7-8-10-16(15)23-4/h7-10H,6,11-14H2,1-5H3,(H2,20,21,22).